The minimum Gasteiger partial charge on any atom is -0.493 e. The molecule has 2 aromatic rings. The van der Waals surface area contributed by atoms with Crippen molar-refractivity contribution in [3.05, 3.63) is 58.6 Å². The maximum absolute atomic E-state index is 6.19. The highest BCUT2D eigenvalue weighted by atomic mass is 35.5. The monoisotopic (exact) mass is 425 g/mol. The molecule has 156 valence electrons. The van der Waals surface area contributed by atoms with Crippen molar-refractivity contribution in [2.24, 2.45) is 0 Å². The average Bonchev–Trinajstić information content (AvgIpc) is 2.69. The third kappa shape index (κ3) is 8.72. The molecule has 5 heteroatoms. The second-order valence-corrected chi connectivity index (χ2v) is 7.22. The van der Waals surface area contributed by atoms with Gasteiger partial charge in [-0.05, 0) is 36.7 Å². The minimum atomic E-state index is 0. The van der Waals surface area contributed by atoms with Gasteiger partial charge < -0.3 is 14.8 Å². The minimum absolute atomic E-state index is 0. The first-order valence-corrected chi connectivity index (χ1v) is 10.4. The molecule has 28 heavy (non-hydrogen) atoms. The van der Waals surface area contributed by atoms with E-state index in [0.717, 1.165) is 30.2 Å². The van der Waals surface area contributed by atoms with E-state index in [1.807, 2.05) is 36.4 Å². The molecule has 0 saturated carbocycles. The van der Waals surface area contributed by atoms with E-state index in [-0.39, 0.29) is 12.4 Å². The van der Waals surface area contributed by atoms with Crippen LogP contribution in [-0.2, 0) is 13.2 Å². The first-order chi connectivity index (χ1) is 13.2. The van der Waals surface area contributed by atoms with Gasteiger partial charge in [0.1, 0.15) is 6.61 Å². The molecule has 0 radical (unpaired) electrons. The summed E-state index contributed by atoms with van der Waals surface area (Å²) in [5.41, 5.74) is 2.16. The van der Waals surface area contributed by atoms with E-state index in [9.17, 15) is 0 Å². The number of methoxy groups -OCH3 is 1. The largest absolute Gasteiger partial charge is 0.493 e. The number of hydrogen-bond donors (Lipinski definition) is 1. The summed E-state index contributed by atoms with van der Waals surface area (Å²) in [6.07, 6.45) is 7.92. The van der Waals surface area contributed by atoms with Gasteiger partial charge in [0.05, 0.1) is 7.11 Å². The fraction of sp³-hybridized carbons (Fsp3) is 0.478. The maximum atomic E-state index is 6.19. The molecule has 1 N–H and O–H groups in total. The Labute approximate surface area is 181 Å². The molecule has 0 heterocycles. The maximum Gasteiger partial charge on any atom is 0.161 e. The zero-order valence-corrected chi connectivity index (χ0v) is 18.6. The summed E-state index contributed by atoms with van der Waals surface area (Å²) in [7, 11) is 1.67. The Morgan fingerprint density at radius 2 is 1.68 bits per heavy atom. The molecule has 0 unspecified atom stereocenters. The zero-order chi connectivity index (χ0) is 19.3. The molecular weight excluding hydrogens is 393 g/mol. The molecule has 2 rings (SSSR count). The van der Waals surface area contributed by atoms with E-state index in [1.165, 1.54) is 44.1 Å². The lowest BCUT2D eigenvalue weighted by atomic mass is 10.1. The van der Waals surface area contributed by atoms with Crippen molar-refractivity contribution >= 4 is 24.0 Å². The smallest absolute Gasteiger partial charge is 0.161 e. The zero-order valence-electron chi connectivity index (χ0n) is 17.0. The Morgan fingerprint density at radius 1 is 0.929 bits per heavy atom. The Bertz CT molecular complexity index is 679. The van der Waals surface area contributed by atoms with Crippen LogP contribution in [0.3, 0.4) is 0 Å². The van der Waals surface area contributed by atoms with Gasteiger partial charge in [-0.25, -0.2) is 0 Å². The fourth-order valence-electron chi connectivity index (χ4n) is 2.98. The number of nitrogens with one attached hydrogen (secondary N) is 1. The molecule has 0 fully saturated rings. The molecule has 0 aliphatic heterocycles. The first-order valence-electron chi connectivity index (χ1n) is 9.98. The first kappa shape index (κ1) is 24.6. The molecule has 0 saturated heterocycles. The molecule has 0 atom stereocenters. The normalized spacial score (nSPS) is 10.4. The highest BCUT2D eigenvalue weighted by Crippen LogP contribution is 2.29. The molecule has 2 aromatic carbocycles. The Hall–Kier alpha value is -1.42. The molecular formula is C23H33Cl2NO2. The number of rotatable bonds is 13. The third-order valence-corrected chi connectivity index (χ3v) is 4.97. The Morgan fingerprint density at radius 3 is 2.43 bits per heavy atom. The summed E-state index contributed by atoms with van der Waals surface area (Å²) in [6.45, 7) is 4.57. The van der Waals surface area contributed by atoms with Crippen LogP contribution < -0.4 is 14.8 Å². The molecule has 3 nitrogen and oxygen atoms in total. The second-order valence-electron chi connectivity index (χ2n) is 6.81. The standard InChI is InChI=1S/C23H32ClNO2.ClH/c1-3-4-5-6-7-10-15-25-17-19-13-14-22(23(16-19)26-2)27-18-20-11-8-9-12-21(20)24;/h8-9,11-14,16,25H,3-7,10,15,17-18H2,1-2H3;1H. The van der Waals surface area contributed by atoms with Gasteiger partial charge in [0.25, 0.3) is 0 Å². The predicted octanol–water partition coefficient (Wildman–Crippen LogP) is 6.80. The molecule has 0 amide bonds. The van der Waals surface area contributed by atoms with Crippen molar-refractivity contribution in [1.82, 2.24) is 5.32 Å². The van der Waals surface area contributed by atoms with E-state index in [4.69, 9.17) is 21.1 Å². The van der Waals surface area contributed by atoms with Crippen LogP contribution in [0.15, 0.2) is 42.5 Å². The summed E-state index contributed by atoms with van der Waals surface area (Å²) in [5.74, 6) is 1.48. The van der Waals surface area contributed by atoms with Gasteiger partial charge >= 0.3 is 0 Å². The van der Waals surface area contributed by atoms with Crippen LogP contribution in [0.2, 0.25) is 5.02 Å². The van der Waals surface area contributed by atoms with E-state index >= 15 is 0 Å². The van der Waals surface area contributed by atoms with Gasteiger partial charge in [-0.15, -0.1) is 12.4 Å². The predicted molar refractivity (Wildman–Crippen MR) is 121 cm³/mol. The average molecular weight is 426 g/mol. The molecule has 0 bridgehead atoms. The third-order valence-electron chi connectivity index (χ3n) is 4.61. The lowest BCUT2D eigenvalue weighted by Gasteiger charge is -2.13. The molecule has 0 aromatic heterocycles. The van der Waals surface area contributed by atoms with Crippen molar-refractivity contribution < 1.29 is 9.47 Å². The second kappa shape index (κ2) is 14.6. The van der Waals surface area contributed by atoms with Gasteiger partial charge in [0, 0.05) is 17.1 Å². The van der Waals surface area contributed by atoms with Crippen LogP contribution in [0.4, 0.5) is 0 Å². The fourth-order valence-corrected chi connectivity index (χ4v) is 3.17. The summed E-state index contributed by atoms with van der Waals surface area (Å²) < 4.78 is 11.4. The number of benzene rings is 2. The van der Waals surface area contributed by atoms with Crippen LogP contribution in [-0.4, -0.2) is 13.7 Å². The highest BCUT2D eigenvalue weighted by Gasteiger charge is 2.07. The van der Waals surface area contributed by atoms with E-state index in [0.29, 0.717) is 11.6 Å². The number of hydrogen-bond acceptors (Lipinski definition) is 3. The van der Waals surface area contributed by atoms with Crippen LogP contribution in [0.1, 0.15) is 56.6 Å². The molecule has 0 aliphatic rings. The van der Waals surface area contributed by atoms with Gasteiger partial charge in [-0.1, -0.05) is 74.9 Å². The van der Waals surface area contributed by atoms with Crippen molar-refractivity contribution in [1.29, 1.82) is 0 Å². The number of halogens is 2. The lowest BCUT2D eigenvalue weighted by molar-refractivity contribution is 0.284. The summed E-state index contributed by atoms with van der Waals surface area (Å²) in [6, 6.07) is 13.8. The lowest BCUT2D eigenvalue weighted by Crippen LogP contribution is -2.14. The van der Waals surface area contributed by atoms with Crippen LogP contribution in [0.5, 0.6) is 11.5 Å². The van der Waals surface area contributed by atoms with Crippen molar-refractivity contribution in [2.75, 3.05) is 13.7 Å². The van der Waals surface area contributed by atoms with Crippen LogP contribution in [0.25, 0.3) is 0 Å². The van der Waals surface area contributed by atoms with Crippen molar-refractivity contribution in [2.45, 2.75) is 58.6 Å². The number of ether oxygens (including phenoxy) is 2. The Kier molecular flexibility index (Phi) is 12.8. The summed E-state index contributed by atoms with van der Waals surface area (Å²) >= 11 is 6.19. The van der Waals surface area contributed by atoms with Crippen LogP contribution >= 0.6 is 24.0 Å². The van der Waals surface area contributed by atoms with E-state index in [1.54, 1.807) is 7.11 Å². The van der Waals surface area contributed by atoms with Gasteiger partial charge in [0.15, 0.2) is 11.5 Å². The van der Waals surface area contributed by atoms with Gasteiger partial charge in [-0.3, -0.25) is 0 Å². The van der Waals surface area contributed by atoms with Gasteiger partial charge in [0.2, 0.25) is 0 Å². The topological polar surface area (TPSA) is 30.5 Å². The molecule has 0 aliphatic carbocycles. The van der Waals surface area contributed by atoms with Crippen molar-refractivity contribution in [3.8, 4) is 11.5 Å². The highest BCUT2D eigenvalue weighted by molar-refractivity contribution is 6.31. The quantitative estimate of drug-likeness (QED) is 0.357. The van der Waals surface area contributed by atoms with E-state index < -0.39 is 0 Å². The summed E-state index contributed by atoms with van der Waals surface area (Å²) in [5, 5.41) is 4.23. The number of unbranched alkanes of at least 4 members (excludes halogenated alkanes) is 5. The van der Waals surface area contributed by atoms with Crippen LogP contribution in [0, 0.1) is 0 Å². The van der Waals surface area contributed by atoms with E-state index in [2.05, 4.69) is 18.3 Å². The molecule has 0 spiro atoms. The van der Waals surface area contributed by atoms with Gasteiger partial charge in [-0.2, -0.15) is 0 Å². The summed E-state index contributed by atoms with van der Waals surface area (Å²) in [4.78, 5) is 0. The SMILES string of the molecule is CCCCCCCCNCc1ccc(OCc2ccccc2Cl)c(OC)c1.Cl. The Balaban J connectivity index is 0.00000392. The van der Waals surface area contributed by atoms with Crippen molar-refractivity contribution in [3.63, 3.8) is 0 Å².